The third kappa shape index (κ3) is 2.28. The summed E-state index contributed by atoms with van der Waals surface area (Å²) in [6, 6.07) is 1.01. The Morgan fingerprint density at radius 3 is 2.21 bits per heavy atom. The van der Waals surface area contributed by atoms with E-state index in [2.05, 4.69) is 9.97 Å². The molecule has 3 aromatic rings. The minimum absolute atomic E-state index is 0.208. The van der Waals surface area contributed by atoms with E-state index in [4.69, 9.17) is 23.2 Å². The fourth-order valence-corrected chi connectivity index (χ4v) is 2.59. The summed E-state index contributed by atoms with van der Waals surface area (Å²) in [5.74, 6) is -8.27. The van der Waals surface area contributed by atoms with E-state index in [0.29, 0.717) is 6.33 Å². The molecule has 2 aromatic heterocycles. The van der Waals surface area contributed by atoms with Crippen LogP contribution in [0.5, 0.6) is 5.75 Å². The van der Waals surface area contributed by atoms with Gasteiger partial charge in [-0.25, -0.2) is 4.98 Å². The van der Waals surface area contributed by atoms with Crippen LogP contribution in [-0.4, -0.2) is 19.6 Å². The second kappa shape index (κ2) is 5.60. The Morgan fingerprint density at radius 2 is 1.62 bits per heavy atom. The quantitative estimate of drug-likeness (QED) is 0.520. The van der Waals surface area contributed by atoms with Crippen LogP contribution in [0.25, 0.3) is 16.6 Å². The maximum Gasteiger partial charge on any atom is 0.267 e. The van der Waals surface area contributed by atoms with Crippen LogP contribution < -0.4 is 5.56 Å². The minimum atomic E-state index is -1.94. The lowest BCUT2D eigenvalue weighted by Crippen LogP contribution is -2.23. The monoisotopic (exact) mass is 379 g/mol. The standard InChI is InChI=1S/C13H3Cl2F4N3O2/c14-3-1-4(15)10(23)8-5(3)13(24)22(2-20-8)9-6(16)11(18)21-12(19)7(9)17/h1-2,23H. The zero-order chi connectivity index (χ0) is 17.8. The Bertz CT molecular complexity index is 1050. The highest BCUT2D eigenvalue weighted by Crippen LogP contribution is 2.34. The highest BCUT2D eigenvalue weighted by molar-refractivity contribution is 6.39. The van der Waals surface area contributed by atoms with Crippen LogP contribution in [0.4, 0.5) is 17.6 Å². The Kier molecular flexibility index (Phi) is 3.84. The first-order valence-electron chi connectivity index (χ1n) is 6.02. The van der Waals surface area contributed by atoms with Gasteiger partial charge in [0.1, 0.15) is 17.5 Å². The minimum Gasteiger partial charge on any atom is -0.504 e. The van der Waals surface area contributed by atoms with Crippen LogP contribution in [-0.2, 0) is 0 Å². The number of fused-ring (bicyclic) bond motifs is 1. The van der Waals surface area contributed by atoms with Crippen molar-refractivity contribution in [3.63, 3.8) is 0 Å². The van der Waals surface area contributed by atoms with Crippen LogP contribution in [0.15, 0.2) is 17.2 Å². The van der Waals surface area contributed by atoms with Crippen molar-refractivity contribution in [1.82, 2.24) is 14.5 Å². The molecule has 0 saturated heterocycles. The first-order valence-corrected chi connectivity index (χ1v) is 6.78. The molecule has 0 amide bonds. The summed E-state index contributed by atoms with van der Waals surface area (Å²) in [6.45, 7) is 0. The van der Waals surface area contributed by atoms with Gasteiger partial charge in [0.15, 0.2) is 5.75 Å². The number of aromatic hydroxyl groups is 1. The molecule has 5 nitrogen and oxygen atoms in total. The van der Waals surface area contributed by atoms with Gasteiger partial charge in [-0.1, -0.05) is 23.2 Å². The molecule has 1 aromatic carbocycles. The number of nitrogens with zero attached hydrogens (tertiary/aromatic N) is 3. The molecule has 0 radical (unpaired) electrons. The topological polar surface area (TPSA) is 68.0 Å². The van der Waals surface area contributed by atoms with Crippen molar-refractivity contribution in [2.75, 3.05) is 0 Å². The zero-order valence-electron chi connectivity index (χ0n) is 11.1. The smallest absolute Gasteiger partial charge is 0.267 e. The number of phenols is 1. The maximum absolute atomic E-state index is 13.8. The molecule has 0 atom stereocenters. The van der Waals surface area contributed by atoms with Gasteiger partial charge < -0.3 is 5.11 Å². The molecule has 1 N–H and O–H groups in total. The van der Waals surface area contributed by atoms with E-state index in [1.165, 1.54) is 0 Å². The maximum atomic E-state index is 13.8. The van der Waals surface area contributed by atoms with Crippen LogP contribution >= 0.6 is 23.2 Å². The lowest BCUT2D eigenvalue weighted by atomic mass is 10.2. The van der Waals surface area contributed by atoms with E-state index in [1.807, 2.05) is 0 Å². The summed E-state index contributed by atoms with van der Waals surface area (Å²) >= 11 is 11.5. The summed E-state index contributed by atoms with van der Waals surface area (Å²) < 4.78 is 54.3. The summed E-state index contributed by atoms with van der Waals surface area (Å²) in [5, 5.41) is 8.85. The predicted octanol–water partition coefficient (Wildman–Crippen LogP) is 3.35. The molecule has 0 unspecified atom stereocenters. The second-order valence-electron chi connectivity index (χ2n) is 4.50. The van der Waals surface area contributed by atoms with E-state index < -0.39 is 45.9 Å². The molecule has 0 aliphatic heterocycles. The number of phenolic OH excluding ortho intramolecular Hbond substituents is 1. The Morgan fingerprint density at radius 1 is 1.04 bits per heavy atom. The van der Waals surface area contributed by atoms with Crippen LogP contribution in [0, 0.1) is 23.5 Å². The summed E-state index contributed by atoms with van der Waals surface area (Å²) in [6.07, 6.45) is 0.567. The molecule has 0 fully saturated rings. The average molecular weight is 380 g/mol. The molecule has 124 valence electrons. The summed E-state index contributed by atoms with van der Waals surface area (Å²) in [4.78, 5) is 18.4. The highest BCUT2D eigenvalue weighted by Gasteiger charge is 2.25. The zero-order valence-corrected chi connectivity index (χ0v) is 12.6. The van der Waals surface area contributed by atoms with Gasteiger partial charge in [-0.05, 0) is 6.07 Å². The Labute approximate surface area is 139 Å². The molecule has 0 saturated carbocycles. The largest absolute Gasteiger partial charge is 0.504 e. The SMILES string of the molecule is O=c1c2c(Cl)cc(Cl)c(O)c2ncn1-c1c(F)c(F)nc(F)c1F. The van der Waals surface area contributed by atoms with Gasteiger partial charge in [0.05, 0.1) is 15.4 Å². The fraction of sp³-hybridized carbons (Fsp3) is 0. The first kappa shape index (κ1) is 16.5. The van der Waals surface area contributed by atoms with Gasteiger partial charge in [0, 0.05) is 0 Å². The van der Waals surface area contributed by atoms with E-state index in [-0.39, 0.29) is 20.1 Å². The molecule has 24 heavy (non-hydrogen) atoms. The lowest BCUT2D eigenvalue weighted by Gasteiger charge is -2.11. The van der Waals surface area contributed by atoms with Crippen molar-refractivity contribution in [3.8, 4) is 11.4 Å². The van der Waals surface area contributed by atoms with Crippen LogP contribution in [0.1, 0.15) is 0 Å². The number of rotatable bonds is 1. The number of halogens is 6. The van der Waals surface area contributed by atoms with Crippen LogP contribution in [0.3, 0.4) is 0 Å². The van der Waals surface area contributed by atoms with Crippen LogP contribution in [0.2, 0.25) is 10.0 Å². The molecule has 0 aliphatic carbocycles. The van der Waals surface area contributed by atoms with E-state index in [9.17, 15) is 27.5 Å². The normalized spacial score (nSPS) is 11.2. The Balaban J connectivity index is 2.47. The molecule has 0 spiro atoms. The highest BCUT2D eigenvalue weighted by atomic mass is 35.5. The Hall–Kier alpha value is -2.39. The van der Waals surface area contributed by atoms with Crippen molar-refractivity contribution in [2.45, 2.75) is 0 Å². The van der Waals surface area contributed by atoms with Crippen molar-refractivity contribution < 1.29 is 22.7 Å². The van der Waals surface area contributed by atoms with Gasteiger partial charge >= 0.3 is 0 Å². The molecule has 2 heterocycles. The van der Waals surface area contributed by atoms with Gasteiger partial charge in [0.25, 0.3) is 17.5 Å². The fourth-order valence-electron chi connectivity index (χ4n) is 2.06. The molecular weight excluding hydrogens is 377 g/mol. The van der Waals surface area contributed by atoms with Gasteiger partial charge in [-0.15, -0.1) is 0 Å². The molecule has 3 rings (SSSR count). The third-order valence-corrected chi connectivity index (χ3v) is 3.72. The number of hydrogen-bond acceptors (Lipinski definition) is 4. The first-order chi connectivity index (χ1) is 11.2. The molecular formula is C13H3Cl2F4N3O2. The van der Waals surface area contributed by atoms with E-state index in [0.717, 1.165) is 6.07 Å². The van der Waals surface area contributed by atoms with Crippen molar-refractivity contribution in [3.05, 3.63) is 56.3 Å². The van der Waals surface area contributed by atoms with Crippen molar-refractivity contribution in [1.29, 1.82) is 0 Å². The van der Waals surface area contributed by atoms with Gasteiger partial charge in [0.2, 0.25) is 11.6 Å². The van der Waals surface area contributed by atoms with Gasteiger partial charge in [-0.3, -0.25) is 9.36 Å². The molecule has 11 heteroatoms. The van der Waals surface area contributed by atoms with Crippen molar-refractivity contribution in [2.24, 2.45) is 0 Å². The summed E-state index contributed by atoms with van der Waals surface area (Å²) in [5.41, 5.74) is -2.88. The van der Waals surface area contributed by atoms with E-state index in [1.54, 1.807) is 0 Å². The van der Waals surface area contributed by atoms with Crippen molar-refractivity contribution >= 4 is 34.1 Å². The van der Waals surface area contributed by atoms with E-state index >= 15 is 0 Å². The average Bonchev–Trinajstić information content (AvgIpc) is 2.52. The summed E-state index contributed by atoms with van der Waals surface area (Å²) in [7, 11) is 0. The number of hydrogen-bond donors (Lipinski definition) is 1. The molecule has 0 aliphatic rings. The predicted molar refractivity (Wildman–Crippen MR) is 76.7 cm³/mol. The number of aromatic nitrogens is 3. The number of pyridine rings is 1. The second-order valence-corrected chi connectivity index (χ2v) is 5.32. The molecule has 0 bridgehead atoms. The van der Waals surface area contributed by atoms with Gasteiger partial charge in [-0.2, -0.15) is 22.5 Å². The third-order valence-electron chi connectivity index (χ3n) is 3.13. The number of benzene rings is 1. The lowest BCUT2D eigenvalue weighted by molar-refractivity contribution is 0.401.